The number of carbonyl (C=O) groups is 1. The number of rotatable bonds is 4. The maximum absolute atomic E-state index is 12.7. The van der Waals surface area contributed by atoms with Crippen LogP contribution in [0.2, 0.25) is 0 Å². The molecule has 1 aliphatic rings. The summed E-state index contributed by atoms with van der Waals surface area (Å²) in [5, 5.41) is 5.34. The van der Waals surface area contributed by atoms with Crippen LogP contribution in [0.15, 0.2) is 22.8 Å². The highest BCUT2D eigenvalue weighted by Crippen LogP contribution is 2.24. The van der Waals surface area contributed by atoms with Crippen molar-refractivity contribution in [1.82, 2.24) is 24.5 Å². The highest BCUT2D eigenvalue weighted by Gasteiger charge is 2.40. The van der Waals surface area contributed by atoms with Crippen LogP contribution in [0, 0.1) is 0 Å². The molecule has 1 N–H and O–H groups in total. The van der Waals surface area contributed by atoms with Crippen molar-refractivity contribution in [2.24, 2.45) is 4.99 Å². The van der Waals surface area contributed by atoms with Crippen molar-refractivity contribution < 1.29 is 4.79 Å². The molecule has 7 nitrogen and oxygen atoms in total. The van der Waals surface area contributed by atoms with Gasteiger partial charge in [-0.25, -0.2) is 9.98 Å². The molecular weight excluding hydrogens is 348 g/mol. The maximum Gasteiger partial charge on any atom is 0.242 e. The molecule has 3 heterocycles. The summed E-state index contributed by atoms with van der Waals surface area (Å²) >= 11 is 1.61. The molecule has 142 valence electrons. The lowest BCUT2D eigenvalue weighted by atomic mass is 9.96. The molecule has 0 radical (unpaired) electrons. The molecule has 1 saturated heterocycles. The molecule has 1 aliphatic heterocycles. The van der Waals surface area contributed by atoms with Gasteiger partial charge in [-0.05, 0) is 34.6 Å². The van der Waals surface area contributed by atoms with Crippen LogP contribution in [0.5, 0.6) is 0 Å². The number of imidazole rings is 1. The predicted molar refractivity (Wildman–Crippen MR) is 106 cm³/mol. The van der Waals surface area contributed by atoms with Crippen molar-refractivity contribution in [2.45, 2.75) is 52.7 Å². The van der Waals surface area contributed by atoms with E-state index in [0.717, 1.165) is 29.7 Å². The van der Waals surface area contributed by atoms with Crippen LogP contribution < -0.4 is 5.32 Å². The Morgan fingerprint density at radius 3 is 2.85 bits per heavy atom. The third kappa shape index (κ3) is 3.70. The summed E-state index contributed by atoms with van der Waals surface area (Å²) in [4.78, 5) is 27.1. The SMILES string of the molecule is CCNC(=NCc1cn2ccsc2n1)N1CC(=O)N(C(C)C)C(C)(C)C1. The second-order valence-electron chi connectivity index (χ2n) is 7.52. The Labute approximate surface area is 158 Å². The molecule has 2 aromatic heterocycles. The van der Waals surface area contributed by atoms with Crippen molar-refractivity contribution in [2.75, 3.05) is 19.6 Å². The van der Waals surface area contributed by atoms with Gasteiger partial charge < -0.3 is 15.1 Å². The Balaban J connectivity index is 1.78. The zero-order chi connectivity index (χ0) is 18.9. The van der Waals surface area contributed by atoms with Gasteiger partial charge >= 0.3 is 0 Å². The topological polar surface area (TPSA) is 65.2 Å². The number of amides is 1. The first kappa shape index (κ1) is 18.7. The first-order valence-electron chi connectivity index (χ1n) is 9.08. The van der Waals surface area contributed by atoms with Crippen LogP contribution in [0.1, 0.15) is 40.3 Å². The summed E-state index contributed by atoms with van der Waals surface area (Å²) in [7, 11) is 0. The largest absolute Gasteiger partial charge is 0.356 e. The lowest BCUT2D eigenvalue weighted by molar-refractivity contribution is -0.145. The van der Waals surface area contributed by atoms with Gasteiger partial charge in [-0.3, -0.25) is 9.20 Å². The third-order valence-corrected chi connectivity index (χ3v) is 5.28. The van der Waals surface area contributed by atoms with Gasteiger partial charge in [0.25, 0.3) is 0 Å². The maximum atomic E-state index is 12.7. The molecule has 3 rings (SSSR count). The number of nitrogens with one attached hydrogen (secondary N) is 1. The normalized spacial score (nSPS) is 18.2. The number of piperazine rings is 1. The third-order valence-electron chi connectivity index (χ3n) is 4.51. The van der Waals surface area contributed by atoms with Gasteiger partial charge in [-0.1, -0.05) is 0 Å². The number of guanidine groups is 1. The van der Waals surface area contributed by atoms with E-state index in [1.54, 1.807) is 11.3 Å². The van der Waals surface area contributed by atoms with Crippen molar-refractivity contribution in [3.63, 3.8) is 0 Å². The zero-order valence-electron chi connectivity index (χ0n) is 16.2. The minimum absolute atomic E-state index is 0.143. The summed E-state index contributed by atoms with van der Waals surface area (Å²) in [6.07, 6.45) is 4.00. The average molecular weight is 377 g/mol. The Morgan fingerprint density at radius 1 is 1.46 bits per heavy atom. The van der Waals surface area contributed by atoms with Crippen LogP contribution in [0.25, 0.3) is 4.96 Å². The van der Waals surface area contributed by atoms with Crippen molar-refractivity contribution in [3.8, 4) is 0 Å². The van der Waals surface area contributed by atoms with E-state index in [9.17, 15) is 4.79 Å². The standard InChI is InChI=1S/C18H28N6OS/c1-6-19-16(20-9-14-10-22-7-8-26-17(22)21-14)23-11-15(25)24(13(2)3)18(4,5)12-23/h7-8,10,13H,6,9,11-12H2,1-5H3,(H,19,20). The molecule has 0 atom stereocenters. The van der Waals surface area contributed by atoms with E-state index < -0.39 is 0 Å². The second-order valence-corrected chi connectivity index (χ2v) is 8.39. The smallest absolute Gasteiger partial charge is 0.242 e. The van der Waals surface area contributed by atoms with Crippen molar-refractivity contribution in [3.05, 3.63) is 23.5 Å². The zero-order valence-corrected chi connectivity index (χ0v) is 17.0. The van der Waals surface area contributed by atoms with Crippen LogP contribution in [0.4, 0.5) is 0 Å². The molecule has 26 heavy (non-hydrogen) atoms. The van der Waals surface area contributed by atoms with Crippen molar-refractivity contribution in [1.29, 1.82) is 0 Å². The molecule has 2 aromatic rings. The number of hydrogen-bond donors (Lipinski definition) is 1. The molecule has 8 heteroatoms. The molecule has 0 aromatic carbocycles. The van der Waals surface area contributed by atoms with Gasteiger partial charge in [-0.2, -0.15) is 0 Å². The molecule has 0 spiro atoms. The highest BCUT2D eigenvalue weighted by atomic mass is 32.1. The molecule has 0 saturated carbocycles. The molecule has 0 bridgehead atoms. The minimum atomic E-state index is -0.239. The molecule has 0 unspecified atom stereocenters. The minimum Gasteiger partial charge on any atom is -0.356 e. The number of hydrogen-bond acceptors (Lipinski definition) is 4. The van der Waals surface area contributed by atoms with E-state index in [4.69, 9.17) is 4.99 Å². The van der Waals surface area contributed by atoms with Gasteiger partial charge in [-0.15, -0.1) is 11.3 Å². The van der Waals surface area contributed by atoms with Crippen LogP contribution in [-0.4, -0.2) is 62.3 Å². The Hall–Kier alpha value is -2.09. The Kier molecular flexibility index (Phi) is 5.22. The van der Waals surface area contributed by atoms with E-state index in [2.05, 4.69) is 42.9 Å². The Bertz CT molecular complexity index is 777. The highest BCUT2D eigenvalue weighted by molar-refractivity contribution is 7.15. The number of aliphatic imine (C=N–C) groups is 1. The number of thiazole rings is 1. The van der Waals surface area contributed by atoms with Crippen molar-refractivity contribution >= 4 is 28.2 Å². The summed E-state index contributed by atoms with van der Waals surface area (Å²) in [6, 6.07) is 0.192. The quantitative estimate of drug-likeness (QED) is 0.656. The van der Waals surface area contributed by atoms with Gasteiger partial charge in [0.1, 0.15) is 0 Å². The van der Waals surface area contributed by atoms with Gasteiger partial charge in [0.05, 0.1) is 24.3 Å². The van der Waals surface area contributed by atoms with E-state index in [1.807, 2.05) is 34.0 Å². The number of aromatic nitrogens is 2. The predicted octanol–water partition coefficient (Wildman–Crippen LogP) is 2.19. The second kappa shape index (κ2) is 7.26. The van der Waals surface area contributed by atoms with E-state index >= 15 is 0 Å². The van der Waals surface area contributed by atoms with Crippen LogP contribution >= 0.6 is 11.3 Å². The van der Waals surface area contributed by atoms with Gasteiger partial charge in [0.15, 0.2) is 10.9 Å². The number of nitrogens with zero attached hydrogens (tertiary/aromatic N) is 5. The summed E-state index contributed by atoms with van der Waals surface area (Å²) in [5.74, 6) is 0.915. The molecule has 0 aliphatic carbocycles. The fourth-order valence-corrected chi connectivity index (χ4v) is 4.47. The first-order valence-corrected chi connectivity index (χ1v) is 9.96. The number of carbonyl (C=O) groups excluding carboxylic acids is 1. The van der Waals surface area contributed by atoms with E-state index in [0.29, 0.717) is 13.1 Å². The Morgan fingerprint density at radius 2 is 2.23 bits per heavy atom. The molecule has 1 amide bonds. The summed E-state index contributed by atoms with van der Waals surface area (Å²) in [5.41, 5.74) is 0.690. The average Bonchev–Trinajstić information content (AvgIpc) is 3.10. The van der Waals surface area contributed by atoms with Gasteiger partial charge in [0, 0.05) is 36.9 Å². The molecule has 1 fully saturated rings. The van der Waals surface area contributed by atoms with Crippen LogP contribution in [-0.2, 0) is 11.3 Å². The summed E-state index contributed by atoms with van der Waals surface area (Å²) < 4.78 is 2.01. The lowest BCUT2D eigenvalue weighted by Crippen LogP contribution is -2.66. The fraction of sp³-hybridized carbons (Fsp3) is 0.611. The molecular formula is C18H28N6OS. The van der Waals surface area contributed by atoms with Crippen LogP contribution in [0.3, 0.4) is 0 Å². The summed E-state index contributed by atoms with van der Waals surface area (Å²) in [6.45, 7) is 12.8. The monoisotopic (exact) mass is 376 g/mol. The lowest BCUT2D eigenvalue weighted by Gasteiger charge is -2.49. The van der Waals surface area contributed by atoms with E-state index in [-0.39, 0.29) is 17.5 Å². The fourth-order valence-electron chi connectivity index (χ4n) is 3.75. The van der Waals surface area contributed by atoms with E-state index in [1.165, 1.54) is 0 Å². The number of fused-ring (bicyclic) bond motifs is 1. The van der Waals surface area contributed by atoms with Gasteiger partial charge in [0.2, 0.25) is 5.91 Å². The first-order chi connectivity index (χ1) is 12.3.